The summed E-state index contributed by atoms with van der Waals surface area (Å²) in [5, 5.41) is 2.08. The molecule has 2 aromatic heterocycles. The van der Waals surface area contributed by atoms with E-state index in [0.29, 0.717) is 11.7 Å². The SMILES string of the molecule is CCN(Cc1cccs1)c1nc2cc(N)ccc2o1. The van der Waals surface area contributed by atoms with Gasteiger partial charge in [0, 0.05) is 17.1 Å². The molecule has 0 aliphatic rings. The lowest BCUT2D eigenvalue weighted by Gasteiger charge is -2.16. The van der Waals surface area contributed by atoms with Crippen LogP contribution in [0.1, 0.15) is 11.8 Å². The third kappa shape index (κ3) is 2.42. The van der Waals surface area contributed by atoms with Gasteiger partial charge in [-0.25, -0.2) is 0 Å². The van der Waals surface area contributed by atoms with Gasteiger partial charge in [-0.3, -0.25) is 0 Å². The second kappa shape index (κ2) is 4.93. The maximum atomic E-state index is 5.79. The number of aromatic nitrogens is 1. The molecule has 3 rings (SSSR count). The molecule has 1 aromatic carbocycles. The quantitative estimate of drug-likeness (QED) is 0.739. The molecule has 0 radical (unpaired) electrons. The summed E-state index contributed by atoms with van der Waals surface area (Å²) in [7, 11) is 0. The van der Waals surface area contributed by atoms with Crippen molar-refractivity contribution in [3.63, 3.8) is 0 Å². The lowest BCUT2D eigenvalue weighted by molar-refractivity contribution is 0.571. The van der Waals surface area contributed by atoms with Crippen molar-refractivity contribution in [3.8, 4) is 0 Å². The summed E-state index contributed by atoms with van der Waals surface area (Å²) in [4.78, 5) is 7.92. The Morgan fingerprint density at radius 1 is 1.37 bits per heavy atom. The lowest BCUT2D eigenvalue weighted by atomic mass is 10.3. The minimum atomic E-state index is 0.650. The van der Waals surface area contributed by atoms with Crippen molar-refractivity contribution in [3.05, 3.63) is 40.6 Å². The summed E-state index contributed by atoms with van der Waals surface area (Å²) in [6.45, 7) is 3.76. The highest BCUT2D eigenvalue weighted by atomic mass is 32.1. The third-order valence-corrected chi connectivity index (χ3v) is 3.84. The van der Waals surface area contributed by atoms with Gasteiger partial charge in [-0.2, -0.15) is 4.98 Å². The molecule has 19 heavy (non-hydrogen) atoms. The zero-order chi connectivity index (χ0) is 13.2. The predicted molar refractivity (Wildman–Crippen MR) is 79.5 cm³/mol. The van der Waals surface area contributed by atoms with Gasteiger partial charge in [0.15, 0.2) is 5.58 Å². The molecule has 0 aliphatic heterocycles. The fraction of sp³-hybridized carbons (Fsp3) is 0.214. The normalized spacial score (nSPS) is 11.0. The van der Waals surface area contributed by atoms with Gasteiger partial charge in [-0.15, -0.1) is 11.3 Å². The highest BCUT2D eigenvalue weighted by Crippen LogP contribution is 2.25. The Labute approximate surface area is 115 Å². The molecule has 0 unspecified atom stereocenters. The van der Waals surface area contributed by atoms with Gasteiger partial charge in [0.25, 0.3) is 6.01 Å². The van der Waals surface area contributed by atoms with Crippen LogP contribution in [0.25, 0.3) is 11.1 Å². The van der Waals surface area contributed by atoms with E-state index in [1.165, 1.54) is 4.88 Å². The number of nitrogens with two attached hydrogens (primary N) is 1. The van der Waals surface area contributed by atoms with Crippen LogP contribution in [0.2, 0.25) is 0 Å². The van der Waals surface area contributed by atoms with Gasteiger partial charge in [-0.05, 0) is 36.6 Å². The van der Waals surface area contributed by atoms with E-state index in [1.807, 2.05) is 18.2 Å². The highest BCUT2D eigenvalue weighted by Gasteiger charge is 2.13. The fourth-order valence-corrected chi connectivity index (χ4v) is 2.69. The Hall–Kier alpha value is -2.01. The average molecular weight is 273 g/mol. The summed E-state index contributed by atoms with van der Waals surface area (Å²) in [5.74, 6) is 0. The molecule has 98 valence electrons. The Balaban J connectivity index is 1.92. The lowest BCUT2D eigenvalue weighted by Crippen LogP contribution is -2.21. The largest absolute Gasteiger partial charge is 0.423 e. The van der Waals surface area contributed by atoms with Crippen LogP contribution in [-0.2, 0) is 6.54 Å². The smallest absolute Gasteiger partial charge is 0.298 e. The molecule has 0 spiro atoms. The van der Waals surface area contributed by atoms with E-state index < -0.39 is 0 Å². The first kappa shape index (κ1) is 12.0. The number of nitrogen functional groups attached to an aromatic ring is 1. The predicted octanol–water partition coefficient (Wildman–Crippen LogP) is 3.50. The van der Waals surface area contributed by atoms with Crippen LogP contribution < -0.4 is 10.6 Å². The number of oxazole rings is 1. The van der Waals surface area contributed by atoms with Gasteiger partial charge < -0.3 is 15.1 Å². The molecule has 2 heterocycles. The number of nitrogens with zero attached hydrogens (tertiary/aromatic N) is 2. The van der Waals surface area contributed by atoms with E-state index in [9.17, 15) is 0 Å². The van der Waals surface area contributed by atoms with Crippen molar-refractivity contribution >= 4 is 34.1 Å². The van der Waals surface area contributed by atoms with E-state index in [0.717, 1.165) is 24.2 Å². The van der Waals surface area contributed by atoms with Gasteiger partial charge in [-0.1, -0.05) is 6.07 Å². The number of rotatable bonds is 4. The first-order valence-electron chi connectivity index (χ1n) is 6.19. The maximum Gasteiger partial charge on any atom is 0.298 e. The van der Waals surface area contributed by atoms with Gasteiger partial charge in [0.2, 0.25) is 0 Å². The van der Waals surface area contributed by atoms with Crippen molar-refractivity contribution in [2.45, 2.75) is 13.5 Å². The average Bonchev–Trinajstić information content (AvgIpc) is 3.03. The van der Waals surface area contributed by atoms with Crippen LogP contribution in [0, 0.1) is 0 Å². The summed E-state index contributed by atoms with van der Waals surface area (Å²) >= 11 is 1.74. The summed E-state index contributed by atoms with van der Waals surface area (Å²) in [6, 6.07) is 10.3. The molecule has 3 aromatic rings. The number of benzene rings is 1. The summed E-state index contributed by atoms with van der Waals surface area (Å²) < 4.78 is 5.79. The van der Waals surface area contributed by atoms with Crippen LogP contribution >= 0.6 is 11.3 Å². The van der Waals surface area contributed by atoms with E-state index >= 15 is 0 Å². The molecule has 4 nitrogen and oxygen atoms in total. The number of anilines is 2. The maximum absolute atomic E-state index is 5.79. The van der Waals surface area contributed by atoms with Crippen LogP contribution in [0.5, 0.6) is 0 Å². The first-order chi connectivity index (χ1) is 9.26. The second-order valence-corrected chi connectivity index (χ2v) is 5.35. The highest BCUT2D eigenvalue weighted by molar-refractivity contribution is 7.09. The Bertz CT molecular complexity index is 675. The zero-order valence-electron chi connectivity index (χ0n) is 10.7. The van der Waals surface area contributed by atoms with Crippen molar-refractivity contribution in [2.24, 2.45) is 0 Å². The van der Waals surface area contributed by atoms with Gasteiger partial charge in [0.1, 0.15) is 5.52 Å². The Morgan fingerprint density at radius 2 is 2.26 bits per heavy atom. The Kier molecular flexibility index (Phi) is 3.13. The van der Waals surface area contributed by atoms with Crippen LogP contribution in [0.15, 0.2) is 40.1 Å². The van der Waals surface area contributed by atoms with Crippen LogP contribution in [0.3, 0.4) is 0 Å². The van der Waals surface area contributed by atoms with Crippen molar-refractivity contribution in [2.75, 3.05) is 17.2 Å². The van der Waals surface area contributed by atoms with Gasteiger partial charge in [0.05, 0.1) is 6.54 Å². The zero-order valence-corrected chi connectivity index (χ0v) is 11.5. The molecule has 0 aliphatic carbocycles. The minimum Gasteiger partial charge on any atom is -0.423 e. The standard InChI is InChI=1S/C14H15N3OS/c1-2-17(9-11-4-3-7-19-11)14-16-12-8-10(15)5-6-13(12)18-14/h3-8H,2,9,15H2,1H3. The van der Waals surface area contributed by atoms with E-state index in [4.69, 9.17) is 10.2 Å². The second-order valence-electron chi connectivity index (χ2n) is 4.32. The fourth-order valence-electron chi connectivity index (χ4n) is 1.97. The van der Waals surface area contributed by atoms with Crippen LogP contribution in [-0.4, -0.2) is 11.5 Å². The number of fused-ring (bicyclic) bond motifs is 1. The number of thiophene rings is 1. The summed E-state index contributed by atoms with van der Waals surface area (Å²) in [6.07, 6.45) is 0. The molecule has 0 atom stereocenters. The summed E-state index contributed by atoms with van der Waals surface area (Å²) in [5.41, 5.74) is 8.04. The van der Waals surface area contributed by atoms with Crippen molar-refractivity contribution in [1.29, 1.82) is 0 Å². The molecular weight excluding hydrogens is 258 g/mol. The molecule has 5 heteroatoms. The molecule has 0 saturated heterocycles. The number of hydrogen-bond donors (Lipinski definition) is 1. The molecule has 0 amide bonds. The molecule has 0 fully saturated rings. The van der Waals surface area contributed by atoms with E-state index in [2.05, 4.69) is 34.3 Å². The van der Waals surface area contributed by atoms with Crippen molar-refractivity contribution in [1.82, 2.24) is 4.98 Å². The molecule has 2 N–H and O–H groups in total. The molecular formula is C14H15N3OS. The monoisotopic (exact) mass is 273 g/mol. The topological polar surface area (TPSA) is 55.3 Å². The molecule has 0 bridgehead atoms. The number of hydrogen-bond acceptors (Lipinski definition) is 5. The first-order valence-corrected chi connectivity index (χ1v) is 7.07. The minimum absolute atomic E-state index is 0.650. The van der Waals surface area contributed by atoms with Gasteiger partial charge >= 0.3 is 0 Å². The Morgan fingerprint density at radius 3 is 3.00 bits per heavy atom. The van der Waals surface area contributed by atoms with Crippen molar-refractivity contribution < 1.29 is 4.42 Å². The third-order valence-electron chi connectivity index (χ3n) is 2.98. The molecule has 0 saturated carbocycles. The van der Waals surface area contributed by atoms with E-state index in [1.54, 1.807) is 11.3 Å². The van der Waals surface area contributed by atoms with Crippen LogP contribution in [0.4, 0.5) is 11.7 Å². The van der Waals surface area contributed by atoms with E-state index in [-0.39, 0.29) is 0 Å².